The van der Waals surface area contributed by atoms with E-state index in [-0.39, 0.29) is 12.1 Å². The molecule has 0 unspecified atom stereocenters. The highest BCUT2D eigenvalue weighted by Crippen LogP contribution is 2.53. The van der Waals surface area contributed by atoms with Gasteiger partial charge in [-0.25, -0.2) is 0 Å². The maximum Gasteiger partial charge on any atom is 0.310 e. The number of hydrogen-bond donors (Lipinski definition) is 0. The van der Waals surface area contributed by atoms with Crippen LogP contribution in [0, 0.1) is 0 Å². The van der Waals surface area contributed by atoms with Gasteiger partial charge in [0, 0.05) is 33.6 Å². The Bertz CT molecular complexity index is 3870. The quantitative estimate of drug-likeness (QED) is 0.149. The van der Waals surface area contributed by atoms with Gasteiger partial charge in [0.05, 0.1) is 0 Å². The molecule has 1 aromatic heterocycles. The molecule has 12 aromatic carbocycles. The molecule has 13 rings (SSSR count). The van der Waals surface area contributed by atoms with Crippen molar-refractivity contribution in [3.8, 4) is 22.3 Å². The van der Waals surface area contributed by atoms with Crippen LogP contribution in [-0.4, -0.2) is 0 Å². The normalized spacial score (nSPS) is 12.9. The number of rotatable bonds is 7. The third-order valence-electron chi connectivity index (χ3n) is 14.3. The van der Waals surface area contributed by atoms with Crippen LogP contribution in [0.25, 0.3) is 109 Å². The van der Waals surface area contributed by atoms with E-state index in [1.54, 1.807) is 0 Å². The van der Waals surface area contributed by atoms with Gasteiger partial charge in [-0.15, -0.1) is 0 Å². The van der Waals surface area contributed by atoms with Crippen LogP contribution in [0.15, 0.2) is 239 Å². The first-order valence-corrected chi connectivity index (χ1v) is 24.7. The number of fused-ring (bicyclic) bond motifs is 13. The van der Waals surface area contributed by atoms with Crippen molar-refractivity contribution in [1.82, 2.24) is 0 Å². The van der Waals surface area contributed by atoms with Crippen molar-refractivity contribution in [2.75, 3.05) is 4.67 Å². The van der Waals surface area contributed by atoms with Crippen LogP contribution in [0.3, 0.4) is 0 Å². The van der Waals surface area contributed by atoms with Gasteiger partial charge in [0.1, 0.15) is 0 Å². The Hall–Kier alpha value is -7.94. The third kappa shape index (κ3) is 6.54. The van der Waals surface area contributed by atoms with E-state index < -0.39 is 8.16 Å². The fourth-order valence-electron chi connectivity index (χ4n) is 11.0. The van der Waals surface area contributed by atoms with Crippen molar-refractivity contribution in [3.05, 3.63) is 242 Å². The summed E-state index contributed by atoms with van der Waals surface area (Å²) in [6, 6.07) is 83.5. The lowest BCUT2D eigenvalue weighted by molar-refractivity contribution is 0.563. The molecule has 0 aliphatic carbocycles. The minimum absolute atomic E-state index is 0.160. The Morgan fingerprint density at radius 3 is 1.09 bits per heavy atom. The Balaban J connectivity index is 1.30. The maximum absolute atomic E-state index is 8.11. The molecule has 2 atom stereocenters. The highest BCUT2D eigenvalue weighted by atomic mass is 31.1. The number of benzene rings is 12. The van der Waals surface area contributed by atoms with Crippen LogP contribution in [0.2, 0.25) is 0 Å². The van der Waals surface area contributed by atoms with Crippen molar-refractivity contribution >= 4 is 94.7 Å². The van der Waals surface area contributed by atoms with Crippen LogP contribution < -0.4 is 4.67 Å². The van der Waals surface area contributed by atoms with Crippen LogP contribution in [-0.2, 0) is 0 Å². The molecule has 0 aliphatic heterocycles. The molecule has 324 valence electrons. The van der Waals surface area contributed by atoms with Crippen LogP contribution in [0.4, 0.5) is 0 Å². The van der Waals surface area contributed by atoms with Gasteiger partial charge in [0.15, 0.2) is 11.2 Å². The lowest BCUT2D eigenvalue weighted by Crippen LogP contribution is -2.27. The van der Waals surface area contributed by atoms with E-state index in [0.29, 0.717) is 0 Å². The van der Waals surface area contributed by atoms with E-state index in [1.165, 1.54) is 32.7 Å². The Morgan fingerprint density at radius 1 is 0.324 bits per heavy atom. The average molecular weight is 892 g/mol. The molecule has 68 heavy (non-hydrogen) atoms. The predicted molar refractivity (Wildman–Crippen MR) is 290 cm³/mol. The summed E-state index contributed by atoms with van der Waals surface area (Å²) in [6.07, 6.45) is 0. The second kappa shape index (κ2) is 16.4. The van der Waals surface area contributed by atoms with Crippen LogP contribution in [0.5, 0.6) is 0 Å². The maximum atomic E-state index is 8.11. The van der Waals surface area contributed by atoms with E-state index in [1.807, 2.05) is 0 Å². The van der Waals surface area contributed by atoms with E-state index in [4.69, 9.17) is 8.39 Å². The minimum atomic E-state index is -1.96. The second-order valence-electron chi connectivity index (χ2n) is 18.0. The van der Waals surface area contributed by atoms with Crippen molar-refractivity contribution < 1.29 is 8.39 Å². The molecule has 0 N–H and O–H groups in total. The Morgan fingerprint density at radius 2 is 0.662 bits per heavy atom. The predicted octanol–water partition coefficient (Wildman–Crippen LogP) is 19.0. The molecule has 0 saturated carbocycles. The SMILES string of the molecule is C[C@H](c1cccc2ccccc12)N([C@H](C)c1cccc2ccccc12)p1oc2c(c(-c3ccccc3)cc3ccc4ccccc4c32)c2c(-c3ccccc3)cc3ccc4ccccc4c3c2o1. The molecule has 0 saturated heterocycles. The van der Waals surface area contributed by atoms with Crippen LogP contribution in [0.1, 0.15) is 37.1 Å². The summed E-state index contributed by atoms with van der Waals surface area (Å²) < 4.78 is 18.8. The Kier molecular flexibility index (Phi) is 9.75. The van der Waals surface area contributed by atoms with Crippen LogP contribution >= 0.6 is 8.16 Å². The zero-order valence-electron chi connectivity index (χ0n) is 37.8. The molecule has 0 aliphatic rings. The molecule has 13 aromatic rings. The zero-order chi connectivity index (χ0) is 45.3. The molecule has 0 spiro atoms. The van der Waals surface area contributed by atoms with Gasteiger partial charge in [-0.1, -0.05) is 218 Å². The molecule has 0 bridgehead atoms. The first kappa shape index (κ1) is 40.3. The van der Waals surface area contributed by atoms with Gasteiger partial charge in [-0.3, -0.25) is 0 Å². The Labute approximate surface area is 395 Å². The molecular weight excluding hydrogens is 846 g/mol. The van der Waals surface area contributed by atoms with Gasteiger partial charge in [-0.2, -0.15) is 4.67 Å². The molecule has 1 heterocycles. The van der Waals surface area contributed by atoms with E-state index in [0.717, 1.165) is 87.3 Å². The summed E-state index contributed by atoms with van der Waals surface area (Å²) in [5.41, 5.74) is 8.52. The summed E-state index contributed by atoms with van der Waals surface area (Å²) >= 11 is 0. The summed E-state index contributed by atoms with van der Waals surface area (Å²) in [4.78, 5) is 0. The summed E-state index contributed by atoms with van der Waals surface area (Å²) in [7, 11) is -1.96. The van der Waals surface area contributed by atoms with Crippen molar-refractivity contribution in [2.45, 2.75) is 25.9 Å². The zero-order valence-corrected chi connectivity index (χ0v) is 38.7. The molecule has 0 amide bonds. The van der Waals surface area contributed by atoms with E-state index >= 15 is 0 Å². The van der Waals surface area contributed by atoms with E-state index in [2.05, 4.69) is 249 Å². The average Bonchev–Trinajstić information content (AvgIpc) is 3.58. The lowest BCUT2D eigenvalue weighted by Gasteiger charge is -2.33. The minimum Gasteiger partial charge on any atom is -0.407 e. The first-order valence-electron chi connectivity index (χ1n) is 23.6. The summed E-state index contributed by atoms with van der Waals surface area (Å²) in [6.45, 7) is 4.68. The van der Waals surface area contributed by atoms with Crippen molar-refractivity contribution in [3.63, 3.8) is 0 Å². The third-order valence-corrected chi connectivity index (χ3v) is 16.0. The molecule has 3 nitrogen and oxygen atoms in total. The smallest absolute Gasteiger partial charge is 0.310 e. The van der Waals surface area contributed by atoms with Gasteiger partial charge in [-0.05, 0) is 113 Å². The fourth-order valence-corrected chi connectivity index (χ4v) is 12.8. The molecule has 0 radical (unpaired) electrons. The van der Waals surface area contributed by atoms with E-state index in [9.17, 15) is 0 Å². The fraction of sp³-hybridized carbons (Fsp3) is 0.0625. The summed E-state index contributed by atoms with van der Waals surface area (Å²) in [5.74, 6) is 0. The second-order valence-corrected chi connectivity index (χ2v) is 19.3. The van der Waals surface area contributed by atoms with Gasteiger partial charge in [0.25, 0.3) is 0 Å². The number of hydrogen-bond acceptors (Lipinski definition) is 3. The topological polar surface area (TPSA) is 29.5 Å². The van der Waals surface area contributed by atoms with Gasteiger partial charge in [0.2, 0.25) is 0 Å². The molecule has 0 fully saturated rings. The van der Waals surface area contributed by atoms with Gasteiger partial charge < -0.3 is 8.39 Å². The highest BCUT2D eigenvalue weighted by Gasteiger charge is 2.32. The molecular formula is C64H46NO2P. The lowest BCUT2D eigenvalue weighted by atomic mass is 9.88. The summed E-state index contributed by atoms with van der Waals surface area (Å²) in [5, 5.41) is 15.9. The van der Waals surface area contributed by atoms with Gasteiger partial charge >= 0.3 is 8.16 Å². The van der Waals surface area contributed by atoms with Crippen molar-refractivity contribution in [1.29, 1.82) is 0 Å². The highest BCUT2D eigenvalue weighted by molar-refractivity contribution is 7.39. The standard InChI is InChI=1S/C64H46NO2P/c1-41(51-33-17-27-43-23-9-13-29-53(43)51)65(42(2)52-34-18-28-44-24-10-14-30-54(44)52)68-66-63-59-49(37-35-47-25-11-15-31-55(47)59)39-57(45-19-5-3-6-20-45)61(63)62-58(46-21-7-4-8-22-46)40-50-38-36-48-26-12-16-32-56(48)60(50)64(62)67-68/h3-42H,1-2H3/t41-,42-/m1/s1. The number of nitrogens with zero attached hydrogens (tertiary/aromatic N) is 1. The largest absolute Gasteiger partial charge is 0.407 e. The monoisotopic (exact) mass is 891 g/mol. The first-order chi connectivity index (χ1) is 33.6. The van der Waals surface area contributed by atoms with Crippen molar-refractivity contribution in [2.24, 2.45) is 0 Å². The molecule has 4 heteroatoms.